The molecule has 0 saturated heterocycles. The lowest BCUT2D eigenvalue weighted by molar-refractivity contribution is 0.239. The molecule has 0 aliphatic heterocycles. The monoisotopic (exact) mass is 276 g/mol. The summed E-state index contributed by atoms with van der Waals surface area (Å²) in [7, 11) is 4.37. The predicted octanol–water partition coefficient (Wildman–Crippen LogP) is 4.09. The molecule has 0 spiro atoms. The standard InChI is InChI=1S/C18H32N2/c1-6-10-18(16-11-8-7-9-12-16)19-14-17(20(4)5)13-15(2)3/h7-9,11-12,15,17-19H,6,10,13-14H2,1-5H3. The zero-order chi connectivity index (χ0) is 15.0. The molecule has 1 rings (SSSR count). The summed E-state index contributed by atoms with van der Waals surface area (Å²) in [6.07, 6.45) is 3.66. The van der Waals surface area contributed by atoms with E-state index in [9.17, 15) is 0 Å². The zero-order valence-corrected chi connectivity index (χ0v) is 13.9. The Morgan fingerprint density at radius 1 is 1.10 bits per heavy atom. The first-order valence-corrected chi connectivity index (χ1v) is 7.99. The van der Waals surface area contributed by atoms with Gasteiger partial charge in [0.2, 0.25) is 0 Å². The number of nitrogens with zero attached hydrogens (tertiary/aromatic N) is 1. The highest BCUT2D eigenvalue weighted by molar-refractivity contribution is 5.18. The smallest absolute Gasteiger partial charge is 0.0320 e. The van der Waals surface area contributed by atoms with E-state index >= 15 is 0 Å². The largest absolute Gasteiger partial charge is 0.308 e. The molecule has 2 atom stereocenters. The molecule has 0 amide bonds. The van der Waals surface area contributed by atoms with Gasteiger partial charge in [-0.3, -0.25) is 0 Å². The van der Waals surface area contributed by atoms with Crippen molar-refractivity contribution in [3.8, 4) is 0 Å². The summed E-state index contributed by atoms with van der Waals surface area (Å²) in [4.78, 5) is 2.35. The molecule has 2 unspecified atom stereocenters. The van der Waals surface area contributed by atoms with Crippen molar-refractivity contribution >= 4 is 0 Å². The normalized spacial score (nSPS) is 14.8. The molecule has 0 aliphatic carbocycles. The summed E-state index contributed by atoms with van der Waals surface area (Å²) in [6.45, 7) is 7.92. The molecular weight excluding hydrogens is 244 g/mol. The van der Waals surface area contributed by atoms with Crippen molar-refractivity contribution in [2.24, 2.45) is 5.92 Å². The third kappa shape index (κ3) is 6.06. The number of likely N-dealkylation sites (N-methyl/N-ethyl adjacent to an activating group) is 1. The predicted molar refractivity (Wildman–Crippen MR) is 89.0 cm³/mol. The molecule has 0 bridgehead atoms. The molecule has 114 valence electrons. The van der Waals surface area contributed by atoms with Gasteiger partial charge in [0, 0.05) is 18.6 Å². The van der Waals surface area contributed by atoms with Crippen LogP contribution in [0.4, 0.5) is 0 Å². The third-order valence-electron chi connectivity index (χ3n) is 3.85. The Labute approximate surface area is 125 Å². The summed E-state index contributed by atoms with van der Waals surface area (Å²) >= 11 is 0. The van der Waals surface area contributed by atoms with Crippen LogP contribution < -0.4 is 5.32 Å². The fourth-order valence-electron chi connectivity index (χ4n) is 2.66. The summed E-state index contributed by atoms with van der Waals surface area (Å²) in [5.74, 6) is 0.741. The average molecular weight is 276 g/mol. The van der Waals surface area contributed by atoms with Crippen LogP contribution in [-0.4, -0.2) is 31.6 Å². The number of hydrogen-bond donors (Lipinski definition) is 1. The van der Waals surface area contributed by atoms with Gasteiger partial charge in [-0.05, 0) is 38.4 Å². The van der Waals surface area contributed by atoms with Crippen molar-refractivity contribution in [2.75, 3.05) is 20.6 Å². The third-order valence-corrected chi connectivity index (χ3v) is 3.85. The van der Waals surface area contributed by atoms with E-state index in [4.69, 9.17) is 0 Å². The fourth-order valence-corrected chi connectivity index (χ4v) is 2.66. The van der Waals surface area contributed by atoms with E-state index < -0.39 is 0 Å². The van der Waals surface area contributed by atoms with E-state index in [0.29, 0.717) is 12.1 Å². The molecule has 0 aliphatic rings. The summed E-state index contributed by atoms with van der Waals surface area (Å²) in [5, 5.41) is 3.78. The van der Waals surface area contributed by atoms with Gasteiger partial charge >= 0.3 is 0 Å². The molecule has 0 saturated carbocycles. The Morgan fingerprint density at radius 3 is 2.25 bits per heavy atom. The minimum absolute atomic E-state index is 0.482. The maximum atomic E-state index is 3.78. The highest BCUT2D eigenvalue weighted by atomic mass is 15.1. The van der Waals surface area contributed by atoms with Gasteiger partial charge in [-0.1, -0.05) is 57.5 Å². The topological polar surface area (TPSA) is 15.3 Å². The van der Waals surface area contributed by atoms with Gasteiger partial charge in [-0.15, -0.1) is 0 Å². The maximum absolute atomic E-state index is 3.78. The van der Waals surface area contributed by atoms with E-state index in [1.807, 2.05) is 0 Å². The molecule has 1 aromatic carbocycles. The van der Waals surface area contributed by atoms with Crippen LogP contribution in [0.2, 0.25) is 0 Å². The quantitative estimate of drug-likeness (QED) is 0.730. The Balaban J connectivity index is 2.61. The van der Waals surface area contributed by atoms with Gasteiger partial charge in [-0.25, -0.2) is 0 Å². The average Bonchev–Trinajstić information content (AvgIpc) is 2.42. The molecule has 0 heterocycles. The first-order chi connectivity index (χ1) is 9.54. The molecule has 1 N–H and O–H groups in total. The highest BCUT2D eigenvalue weighted by Gasteiger charge is 2.16. The van der Waals surface area contributed by atoms with Crippen molar-refractivity contribution in [3.05, 3.63) is 35.9 Å². The Bertz CT molecular complexity index is 346. The minimum atomic E-state index is 0.482. The molecular formula is C18H32N2. The molecule has 2 heteroatoms. The second-order valence-electron chi connectivity index (χ2n) is 6.41. The molecule has 0 fully saturated rings. The van der Waals surface area contributed by atoms with Gasteiger partial charge in [0.25, 0.3) is 0 Å². The Morgan fingerprint density at radius 2 is 1.75 bits per heavy atom. The Kier molecular flexibility index (Phi) is 7.86. The van der Waals surface area contributed by atoms with Crippen LogP contribution in [0.5, 0.6) is 0 Å². The lowest BCUT2D eigenvalue weighted by Gasteiger charge is -2.29. The number of nitrogens with one attached hydrogen (secondary N) is 1. The zero-order valence-electron chi connectivity index (χ0n) is 13.9. The molecule has 1 aromatic rings. The van der Waals surface area contributed by atoms with E-state index in [1.54, 1.807) is 0 Å². The lowest BCUT2D eigenvalue weighted by atomic mass is 9.99. The highest BCUT2D eigenvalue weighted by Crippen LogP contribution is 2.19. The number of rotatable bonds is 9. The van der Waals surface area contributed by atoms with Crippen LogP contribution in [0.25, 0.3) is 0 Å². The van der Waals surface area contributed by atoms with Crippen molar-refractivity contribution < 1.29 is 0 Å². The maximum Gasteiger partial charge on any atom is 0.0320 e. The lowest BCUT2D eigenvalue weighted by Crippen LogP contribution is -2.40. The van der Waals surface area contributed by atoms with Crippen molar-refractivity contribution in [3.63, 3.8) is 0 Å². The molecule has 2 nitrogen and oxygen atoms in total. The van der Waals surface area contributed by atoms with Crippen LogP contribution in [0.15, 0.2) is 30.3 Å². The summed E-state index contributed by atoms with van der Waals surface area (Å²) in [6, 6.07) is 11.9. The summed E-state index contributed by atoms with van der Waals surface area (Å²) < 4.78 is 0. The van der Waals surface area contributed by atoms with Gasteiger partial charge in [-0.2, -0.15) is 0 Å². The van der Waals surface area contributed by atoms with Crippen molar-refractivity contribution in [1.29, 1.82) is 0 Å². The first-order valence-electron chi connectivity index (χ1n) is 7.99. The number of hydrogen-bond acceptors (Lipinski definition) is 2. The van der Waals surface area contributed by atoms with E-state index in [1.165, 1.54) is 24.8 Å². The van der Waals surface area contributed by atoms with Crippen molar-refractivity contribution in [2.45, 2.75) is 52.1 Å². The van der Waals surface area contributed by atoms with Gasteiger partial charge in [0.05, 0.1) is 0 Å². The second kappa shape index (κ2) is 9.15. The molecule has 0 radical (unpaired) electrons. The SMILES string of the molecule is CCCC(NCC(CC(C)C)N(C)C)c1ccccc1. The van der Waals surface area contributed by atoms with Crippen molar-refractivity contribution in [1.82, 2.24) is 10.2 Å². The van der Waals surface area contributed by atoms with E-state index in [0.717, 1.165) is 12.5 Å². The fraction of sp³-hybridized carbons (Fsp3) is 0.667. The van der Waals surface area contributed by atoms with E-state index in [-0.39, 0.29) is 0 Å². The molecule has 20 heavy (non-hydrogen) atoms. The van der Waals surface area contributed by atoms with E-state index in [2.05, 4.69) is 75.4 Å². The van der Waals surface area contributed by atoms with Crippen LogP contribution in [-0.2, 0) is 0 Å². The van der Waals surface area contributed by atoms with Crippen LogP contribution >= 0.6 is 0 Å². The second-order valence-corrected chi connectivity index (χ2v) is 6.41. The van der Waals surface area contributed by atoms with Crippen LogP contribution in [0.3, 0.4) is 0 Å². The van der Waals surface area contributed by atoms with Crippen LogP contribution in [0.1, 0.15) is 51.6 Å². The first kappa shape index (κ1) is 17.2. The Hall–Kier alpha value is -0.860. The van der Waals surface area contributed by atoms with Crippen LogP contribution in [0, 0.1) is 5.92 Å². The van der Waals surface area contributed by atoms with Gasteiger partial charge in [0.15, 0.2) is 0 Å². The summed E-state index contributed by atoms with van der Waals surface area (Å²) in [5.41, 5.74) is 1.41. The van der Waals surface area contributed by atoms with Gasteiger partial charge < -0.3 is 10.2 Å². The minimum Gasteiger partial charge on any atom is -0.308 e. The molecule has 0 aromatic heterocycles. The number of benzene rings is 1. The van der Waals surface area contributed by atoms with Gasteiger partial charge in [0.1, 0.15) is 0 Å².